The van der Waals surface area contributed by atoms with E-state index < -0.39 is 42.5 Å². The van der Waals surface area contributed by atoms with Crippen LogP contribution in [0.5, 0.6) is 0 Å². The number of amides is 1. The monoisotopic (exact) mass is 278 g/mol. The lowest BCUT2D eigenvalue weighted by Gasteiger charge is -2.37. The third-order valence-electron chi connectivity index (χ3n) is 2.74. The smallest absolute Gasteiger partial charge is 0.412 e. The summed E-state index contributed by atoms with van der Waals surface area (Å²) in [5.41, 5.74) is -0.548. The van der Waals surface area contributed by atoms with Crippen LogP contribution in [0.2, 0.25) is 0 Å². The minimum absolute atomic E-state index is 0.252. The SMILES string of the molecule is COC(=O)NC1=NC2C(OC(CO)C(O)C2O)S1. The minimum Gasteiger partial charge on any atom is -0.453 e. The van der Waals surface area contributed by atoms with Crippen LogP contribution >= 0.6 is 11.8 Å². The summed E-state index contributed by atoms with van der Waals surface area (Å²) >= 11 is 1.10. The average Bonchev–Trinajstić information content (AvgIpc) is 2.76. The summed E-state index contributed by atoms with van der Waals surface area (Å²) < 4.78 is 9.80. The summed E-state index contributed by atoms with van der Waals surface area (Å²) in [6.45, 7) is -0.401. The van der Waals surface area contributed by atoms with Crippen molar-refractivity contribution in [2.24, 2.45) is 4.99 Å². The van der Waals surface area contributed by atoms with E-state index in [9.17, 15) is 15.0 Å². The zero-order valence-corrected chi connectivity index (χ0v) is 10.3. The highest BCUT2D eigenvalue weighted by molar-refractivity contribution is 8.14. The van der Waals surface area contributed by atoms with Crippen molar-refractivity contribution in [3.8, 4) is 0 Å². The van der Waals surface area contributed by atoms with E-state index in [1.165, 1.54) is 7.11 Å². The standard InChI is InChI=1S/C9H14N2O6S/c1-16-9(15)11-8-10-4-6(14)5(13)3(2-12)17-7(4)18-8/h3-7,12-14H,2H2,1H3,(H,10,11,15). The molecule has 102 valence electrons. The average molecular weight is 278 g/mol. The topological polar surface area (TPSA) is 121 Å². The Morgan fingerprint density at radius 2 is 2.28 bits per heavy atom. The molecule has 2 rings (SSSR count). The molecule has 2 aliphatic rings. The van der Waals surface area contributed by atoms with Gasteiger partial charge in [0.1, 0.15) is 29.8 Å². The second-order valence-corrected chi connectivity index (χ2v) is 4.95. The number of nitrogens with one attached hydrogen (secondary N) is 1. The lowest BCUT2D eigenvalue weighted by Crippen LogP contribution is -2.55. The third-order valence-corrected chi connectivity index (χ3v) is 3.79. The Morgan fingerprint density at radius 1 is 1.56 bits per heavy atom. The molecule has 0 aliphatic carbocycles. The molecule has 0 radical (unpaired) electrons. The van der Waals surface area contributed by atoms with Gasteiger partial charge in [-0.2, -0.15) is 0 Å². The van der Waals surface area contributed by atoms with Crippen LogP contribution in [0.4, 0.5) is 4.79 Å². The van der Waals surface area contributed by atoms with Gasteiger partial charge in [-0.25, -0.2) is 4.79 Å². The summed E-state index contributed by atoms with van der Waals surface area (Å²) in [6.07, 6.45) is -3.89. The van der Waals surface area contributed by atoms with Gasteiger partial charge in [-0.05, 0) is 0 Å². The number of carbonyl (C=O) groups is 1. The van der Waals surface area contributed by atoms with Crippen molar-refractivity contribution in [2.45, 2.75) is 29.8 Å². The fourth-order valence-electron chi connectivity index (χ4n) is 1.78. The van der Waals surface area contributed by atoms with Crippen LogP contribution in [0, 0.1) is 0 Å². The number of rotatable bonds is 1. The molecule has 5 atom stereocenters. The van der Waals surface area contributed by atoms with Crippen molar-refractivity contribution in [3.63, 3.8) is 0 Å². The molecule has 1 saturated heterocycles. The third kappa shape index (κ3) is 2.45. The van der Waals surface area contributed by atoms with Gasteiger partial charge in [0.05, 0.1) is 13.7 Å². The number of amidine groups is 1. The van der Waals surface area contributed by atoms with Crippen LogP contribution in [0.25, 0.3) is 0 Å². The van der Waals surface area contributed by atoms with E-state index in [2.05, 4.69) is 15.0 Å². The van der Waals surface area contributed by atoms with Crippen LogP contribution in [0.3, 0.4) is 0 Å². The van der Waals surface area contributed by atoms with Crippen LogP contribution < -0.4 is 5.32 Å². The predicted molar refractivity (Wildman–Crippen MR) is 62.1 cm³/mol. The Bertz CT molecular complexity index is 365. The van der Waals surface area contributed by atoms with Crippen LogP contribution in [-0.4, -0.2) is 70.1 Å². The molecule has 0 spiro atoms. The fraction of sp³-hybridized carbons (Fsp3) is 0.778. The maximum Gasteiger partial charge on any atom is 0.412 e. The molecule has 1 amide bonds. The van der Waals surface area contributed by atoms with Crippen molar-refractivity contribution < 1.29 is 29.6 Å². The molecule has 5 unspecified atom stereocenters. The molecular weight excluding hydrogens is 264 g/mol. The highest BCUT2D eigenvalue weighted by atomic mass is 32.2. The molecule has 0 bridgehead atoms. The van der Waals surface area contributed by atoms with E-state index in [1.807, 2.05) is 0 Å². The van der Waals surface area contributed by atoms with Crippen LogP contribution in [0.1, 0.15) is 0 Å². The lowest BCUT2D eigenvalue weighted by atomic mass is 9.99. The molecular formula is C9H14N2O6S. The zero-order valence-electron chi connectivity index (χ0n) is 9.52. The molecule has 18 heavy (non-hydrogen) atoms. The Balaban J connectivity index is 2.05. The van der Waals surface area contributed by atoms with Crippen molar-refractivity contribution in [1.82, 2.24) is 5.32 Å². The Morgan fingerprint density at radius 3 is 2.89 bits per heavy atom. The minimum atomic E-state index is -1.21. The first kappa shape index (κ1) is 13.6. The molecule has 0 saturated carbocycles. The van der Waals surface area contributed by atoms with Crippen molar-refractivity contribution in [1.29, 1.82) is 0 Å². The Labute approximate surface area is 107 Å². The molecule has 0 aromatic rings. The number of carbonyl (C=O) groups excluding carboxylic acids is 1. The van der Waals surface area contributed by atoms with E-state index in [1.54, 1.807) is 0 Å². The largest absolute Gasteiger partial charge is 0.453 e. The molecule has 2 aliphatic heterocycles. The highest BCUT2D eigenvalue weighted by Crippen LogP contribution is 2.35. The maximum atomic E-state index is 11.0. The quantitative estimate of drug-likeness (QED) is 0.449. The number of fused-ring (bicyclic) bond motifs is 1. The molecule has 0 aromatic carbocycles. The number of hydrogen-bond acceptors (Lipinski definition) is 8. The van der Waals surface area contributed by atoms with Crippen LogP contribution in [0.15, 0.2) is 4.99 Å². The molecule has 9 heteroatoms. The summed E-state index contributed by atoms with van der Waals surface area (Å²) in [6, 6.07) is -0.681. The van der Waals surface area contributed by atoms with E-state index in [-0.39, 0.29) is 5.17 Å². The van der Waals surface area contributed by atoms with Crippen LogP contribution in [-0.2, 0) is 9.47 Å². The summed E-state index contributed by atoms with van der Waals surface area (Å²) in [7, 11) is 1.22. The molecule has 0 aromatic heterocycles. The lowest BCUT2D eigenvalue weighted by molar-refractivity contribution is -0.164. The Hall–Kier alpha value is -0.870. The fourth-order valence-corrected chi connectivity index (χ4v) is 2.88. The van der Waals surface area contributed by atoms with E-state index in [4.69, 9.17) is 9.84 Å². The van der Waals surface area contributed by atoms with Gasteiger partial charge in [-0.1, -0.05) is 11.8 Å². The van der Waals surface area contributed by atoms with E-state index >= 15 is 0 Å². The van der Waals surface area contributed by atoms with Crippen molar-refractivity contribution in [3.05, 3.63) is 0 Å². The van der Waals surface area contributed by atoms with Gasteiger partial charge in [-0.15, -0.1) is 0 Å². The second-order valence-electron chi connectivity index (χ2n) is 3.87. The number of ether oxygens (including phenoxy) is 2. The number of alkyl carbamates (subject to hydrolysis) is 1. The number of thioether (sulfide) groups is 1. The van der Waals surface area contributed by atoms with Gasteiger partial charge in [0.2, 0.25) is 0 Å². The number of nitrogens with zero attached hydrogens (tertiary/aromatic N) is 1. The summed E-state index contributed by atoms with van der Waals surface area (Å²) in [5.74, 6) is 0. The molecule has 4 N–H and O–H groups in total. The predicted octanol–water partition coefficient (Wildman–Crippen LogP) is -1.75. The van der Waals surface area contributed by atoms with Crippen molar-refractivity contribution >= 4 is 23.0 Å². The maximum absolute atomic E-state index is 11.0. The van der Waals surface area contributed by atoms with Crippen molar-refractivity contribution in [2.75, 3.05) is 13.7 Å². The number of hydrogen-bond donors (Lipinski definition) is 4. The number of aliphatic hydroxyl groups is 3. The van der Waals surface area contributed by atoms with E-state index in [0.717, 1.165) is 11.8 Å². The van der Waals surface area contributed by atoms with E-state index in [0.29, 0.717) is 0 Å². The first-order valence-corrected chi connectivity index (χ1v) is 6.16. The molecule has 2 heterocycles. The normalized spacial score (nSPS) is 38.9. The van der Waals surface area contributed by atoms with Gasteiger partial charge in [0.25, 0.3) is 0 Å². The molecule has 8 nitrogen and oxygen atoms in total. The first-order valence-electron chi connectivity index (χ1n) is 5.28. The first-order chi connectivity index (χ1) is 8.56. The zero-order chi connectivity index (χ0) is 13.3. The van der Waals surface area contributed by atoms with Gasteiger partial charge in [0.15, 0.2) is 5.17 Å². The highest BCUT2D eigenvalue weighted by Gasteiger charge is 2.48. The summed E-state index contributed by atoms with van der Waals surface area (Å²) in [5, 5.41) is 31.2. The number of aliphatic hydroxyl groups excluding tert-OH is 3. The number of aliphatic imine (C=N–C) groups is 1. The van der Waals surface area contributed by atoms with Gasteiger partial charge in [-0.3, -0.25) is 10.3 Å². The van der Waals surface area contributed by atoms with Gasteiger partial charge < -0.3 is 24.8 Å². The molecule has 1 fully saturated rings. The summed E-state index contributed by atoms with van der Waals surface area (Å²) in [4.78, 5) is 15.1. The van der Waals surface area contributed by atoms with Gasteiger partial charge >= 0.3 is 6.09 Å². The van der Waals surface area contributed by atoms with Gasteiger partial charge in [0, 0.05) is 0 Å². The second kappa shape index (κ2) is 5.41. The number of methoxy groups -OCH3 is 1. The Kier molecular flexibility index (Phi) is 4.07.